The van der Waals surface area contributed by atoms with Gasteiger partial charge in [-0.15, -0.1) is 0 Å². The molecule has 2 rings (SSSR count). The molecule has 0 atom stereocenters. The van der Waals surface area contributed by atoms with Crippen molar-refractivity contribution in [3.05, 3.63) is 0 Å². The molecule has 0 saturated heterocycles. The summed E-state index contributed by atoms with van der Waals surface area (Å²) in [4.78, 5) is 0. The molecule has 0 spiro atoms. The van der Waals surface area contributed by atoms with Crippen LogP contribution in [0.15, 0.2) is 0 Å². The topological polar surface area (TPSA) is 0 Å². The number of hydrogen-bond donors (Lipinski definition) is 0. The fourth-order valence-corrected chi connectivity index (χ4v) is 14.3. The van der Waals surface area contributed by atoms with Crippen LogP contribution in [0.4, 0.5) is 0 Å². The van der Waals surface area contributed by atoms with Gasteiger partial charge in [-0.3, -0.25) is 0 Å². The molecule has 0 aromatic carbocycles. The SMILES string of the molecule is CC(C)[PH](C(C)C)(C1CCCC1)C1CCCC1. The van der Waals surface area contributed by atoms with Crippen molar-refractivity contribution < 1.29 is 0 Å². The van der Waals surface area contributed by atoms with Crippen molar-refractivity contribution in [2.45, 2.75) is 102 Å². The van der Waals surface area contributed by atoms with Gasteiger partial charge in [-0.1, -0.05) is 0 Å². The van der Waals surface area contributed by atoms with Gasteiger partial charge in [-0.05, 0) is 0 Å². The van der Waals surface area contributed by atoms with E-state index in [9.17, 15) is 0 Å². The van der Waals surface area contributed by atoms with Gasteiger partial charge < -0.3 is 0 Å². The molecule has 0 nitrogen and oxygen atoms in total. The fourth-order valence-electron chi connectivity index (χ4n) is 5.74. The molecule has 0 aromatic heterocycles. The van der Waals surface area contributed by atoms with Gasteiger partial charge in [0.2, 0.25) is 0 Å². The predicted octanol–water partition coefficient (Wildman–Crippen LogP) is 5.44. The molecule has 0 bridgehead atoms. The Labute approximate surface area is 109 Å². The summed E-state index contributed by atoms with van der Waals surface area (Å²) in [5.41, 5.74) is 4.36. The van der Waals surface area contributed by atoms with Crippen LogP contribution in [-0.4, -0.2) is 22.6 Å². The van der Waals surface area contributed by atoms with E-state index < -0.39 is 7.26 Å². The molecule has 0 aromatic rings. The Hall–Kier alpha value is 0.430. The molecule has 2 saturated carbocycles. The van der Waals surface area contributed by atoms with Crippen LogP contribution < -0.4 is 0 Å². The number of rotatable bonds is 4. The molecule has 17 heavy (non-hydrogen) atoms. The van der Waals surface area contributed by atoms with Gasteiger partial charge in [0.1, 0.15) is 0 Å². The average molecular weight is 256 g/mol. The Morgan fingerprint density at radius 2 is 0.941 bits per heavy atom. The van der Waals surface area contributed by atoms with E-state index in [1.807, 2.05) is 0 Å². The summed E-state index contributed by atoms with van der Waals surface area (Å²) in [6.07, 6.45) is 12.5. The maximum atomic E-state index is 2.57. The van der Waals surface area contributed by atoms with E-state index in [0.29, 0.717) is 0 Å². The van der Waals surface area contributed by atoms with E-state index in [0.717, 1.165) is 11.3 Å². The fraction of sp³-hybridized carbons (Fsp3) is 1.00. The molecule has 2 fully saturated rings. The van der Waals surface area contributed by atoms with Gasteiger partial charge >= 0.3 is 109 Å². The van der Waals surface area contributed by atoms with Gasteiger partial charge in [0.25, 0.3) is 0 Å². The summed E-state index contributed by atoms with van der Waals surface area (Å²) >= 11 is 0. The molecular weight excluding hydrogens is 223 g/mol. The van der Waals surface area contributed by atoms with E-state index in [-0.39, 0.29) is 0 Å². The minimum atomic E-state index is -1.08. The van der Waals surface area contributed by atoms with Crippen molar-refractivity contribution in [1.82, 2.24) is 0 Å². The molecule has 0 heterocycles. The summed E-state index contributed by atoms with van der Waals surface area (Å²) in [6.45, 7) is 10.3. The van der Waals surface area contributed by atoms with E-state index in [4.69, 9.17) is 0 Å². The normalized spacial score (nSPS) is 25.3. The average Bonchev–Trinajstić information content (AvgIpc) is 2.88. The molecular formula is C16H33P. The zero-order valence-electron chi connectivity index (χ0n) is 12.5. The Balaban J connectivity index is 2.30. The molecule has 0 radical (unpaired) electrons. The molecule has 1 heteroatoms. The van der Waals surface area contributed by atoms with Crippen LogP contribution in [0, 0.1) is 0 Å². The summed E-state index contributed by atoms with van der Waals surface area (Å²) in [5, 5.41) is 0. The van der Waals surface area contributed by atoms with Crippen LogP contribution >= 0.6 is 7.26 Å². The van der Waals surface area contributed by atoms with Crippen LogP contribution in [0.2, 0.25) is 0 Å². The van der Waals surface area contributed by atoms with Crippen LogP contribution in [0.3, 0.4) is 0 Å². The van der Waals surface area contributed by atoms with E-state index in [2.05, 4.69) is 27.7 Å². The molecule has 0 amide bonds. The van der Waals surface area contributed by atoms with Crippen molar-refractivity contribution in [3.63, 3.8) is 0 Å². The first-order valence-electron chi connectivity index (χ1n) is 8.10. The summed E-state index contributed by atoms with van der Waals surface area (Å²) in [6, 6.07) is 0. The maximum absolute atomic E-state index is 2.57. The van der Waals surface area contributed by atoms with Gasteiger partial charge in [-0.25, -0.2) is 0 Å². The van der Waals surface area contributed by atoms with Crippen LogP contribution in [-0.2, 0) is 0 Å². The first-order valence-corrected chi connectivity index (χ1v) is 10.4. The van der Waals surface area contributed by atoms with Crippen molar-refractivity contribution in [2.75, 3.05) is 0 Å². The zero-order chi connectivity index (χ0) is 12.5. The van der Waals surface area contributed by atoms with E-state index in [1.165, 1.54) is 37.0 Å². The first-order chi connectivity index (χ1) is 8.10. The second-order valence-corrected chi connectivity index (χ2v) is 13.2. The zero-order valence-corrected chi connectivity index (χ0v) is 13.5. The molecule has 0 unspecified atom stereocenters. The first kappa shape index (κ1) is 13.9. The Morgan fingerprint density at radius 3 is 1.18 bits per heavy atom. The Kier molecular flexibility index (Phi) is 4.56. The van der Waals surface area contributed by atoms with E-state index >= 15 is 0 Å². The molecule has 102 valence electrons. The molecule has 2 aliphatic carbocycles. The van der Waals surface area contributed by atoms with Gasteiger partial charge in [0.15, 0.2) is 0 Å². The van der Waals surface area contributed by atoms with Crippen LogP contribution in [0.1, 0.15) is 79.1 Å². The van der Waals surface area contributed by atoms with Crippen molar-refractivity contribution in [1.29, 1.82) is 0 Å². The third-order valence-electron chi connectivity index (χ3n) is 6.12. The number of hydrogen-bond acceptors (Lipinski definition) is 0. The Bertz CT molecular complexity index is 206. The standard InChI is InChI=1S/C16H33P/c1-13(2)17(14(3)4,15-9-5-6-10-15)16-11-7-8-12-16/h13-17H,5-12H2,1-4H3. The minimum absolute atomic E-state index is 1.01. The summed E-state index contributed by atoms with van der Waals surface area (Å²) in [5.74, 6) is 0. The van der Waals surface area contributed by atoms with Crippen LogP contribution in [0.5, 0.6) is 0 Å². The summed E-state index contributed by atoms with van der Waals surface area (Å²) in [7, 11) is -1.08. The van der Waals surface area contributed by atoms with E-state index in [1.54, 1.807) is 25.7 Å². The van der Waals surface area contributed by atoms with Crippen molar-refractivity contribution in [3.8, 4) is 0 Å². The third kappa shape index (κ3) is 2.32. The van der Waals surface area contributed by atoms with Crippen molar-refractivity contribution >= 4 is 7.26 Å². The van der Waals surface area contributed by atoms with Crippen LogP contribution in [0.25, 0.3) is 0 Å². The second kappa shape index (κ2) is 5.60. The van der Waals surface area contributed by atoms with Gasteiger partial charge in [-0.2, -0.15) is 0 Å². The third-order valence-corrected chi connectivity index (χ3v) is 14.1. The van der Waals surface area contributed by atoms with Gasteiger partial charge in [0.05, 0.1) is 0 Å². The monoisotopic (exact) mass is 256 g/mol. The second-order valence-electron chi connectivity index (χ2n) is 7.27. The molecule has 2 aliphatic rings. The predicted molar refractivity (Wildman–Crippen MR) is 83.1 cm³/mol. The summed E-state index contributed by atoms with van der Waals surface area (Å²) < 4.78 is 0. The van der Waals surface area contributed by atoms with Gasteiger partial charge in [0, 0.05) is 0 Å². The Morgan fingerprint density at radius 1 is 0.647 bits per heavy atom. The quantitative estimate of drug-likeness (QED) is 0.588. The molecule has 0 N–H and O–H groups in total. The van der Waals surface area contributed by atoms with Crippen molar-refractivity contribution in [2.24, 2.45) is 0 Å². The molecule has 0 aliphatic heterocycles.